The Morgan fingerprint density at radius 2 is 1.91 bits per heavy atom. The first-order valence-electron chi connectivity index (χ1n) is 8.78. The molecule has 1 nitrogen and oxygen atoms in total. The lowest BCUT2D eigenvalue weighted by Crippen LogP contribution is -2.15. The SMILES string of the molecule is CC1=CCC(C)C=C1CC1CCC(c2cccc(O)c2)CC1. The van der Waals surface area contributed by atoms with E-state index in [2.05, 4.69) is 32.1 Å². The highest BCUT2D eigenvalue weighted by Gasteiger charge is 2.24. The summed E-state index contributed by atoms with van der Waals surface area (Å²) in [6.07, 6.45) is 12.5. The first-order chi connectivity index (χ1) is 10.6. The van der Waals surface area contributed by atoms with Gasteiger partial charge in [-0.3, -0.25) is 0 Å². The Balaban J connectivity index is 1.57. The van der Waals surface area contributed by atoms with Crippen molar-refractivity contribution >= 4 is 0 Å². The quantitative estimate of drug-likeness (QED) is 0.728. The van der Waals surface area contributed by atoms with Gasteiger partial charge in [0, 0.05) is 0 Å². The van der Waals surface area contributed by atoms with Crippen LogP contribution < -0.4 is 0 Å². The van der Waals surface area contributed by atoms with Gasteiger partial charge in [0.15, 0.2) is 0 Å². The van der Waals surface area contributed by atoms with E-state index >= 15 is 0 Å². The Bertz CT molecular complexity index is 573. The molecule has 0 saturated heterocycles. The zero-order chi connectivity index (χ0) is 15.5. The molecule has 1 N–H and O–H groups in total. The van der Waals surface area contributed by atoms with Crippen LogP contribution in [0.3, 0.4) is 0 Å². The third kappa shape index (κ3) is 3.63. The minimum absolute atomic E-state index is 0.404. The van der Waals surface area contributed by atoms with Crippen molar-refractivity contribution in [2.75, 3.05) is 0 Å². The van der Waals surface area contributed by atoms with Gasteiger partial charge in [-0.25, -0.2) is 0 Å². The van der Waals surface area contributed by atoms with Crippen LogP contribution in [0.5, 0.6) is 5.75 Å². The number of hydrogen-bond donors (Lipinski definition) is 1. The fraction of sp³-hybridized carbons (Fsp3) is 0.524. The Kier molecular flexibility index (Phi) is 4.71. The largest absolute Gasteiger partial charge is 0.508 e. The third-order valence-electron chi connectivity index (χ3n) is 5.48. The van der Waals surface area contributed by atoms with E-state index in [-0.39, 0.29) is 0 Å². The maximum Gasteiger partial charge on any atom is 0.115 e. The molecule has 0 spiro atoms. The average Bonchev–Trinajstić information content (AvgIpc) is 2.52. The minimum Gasteiger partial charge on any atom is -0.508 e. The first-order valence-corrected chi connectivity index (χ1v) is 8.78. The second-order valence-electron chi connectivity index (χ2n) is 7.31. The summed E-state index contributed by atoms with van der Waals surface area (Å²) in [5.74, 6) is 2.59. The molecule has 2 aliphatic carbocycles. The molecule has 1 unspecified atom stereocenters. The molecule has 1 atom stereocenters. The minimum atomic E-state index is 0.404. The van der Waals surface area contributed by atoms with Gasteiger partial charge in [0.2, 0.25) is 0 Å². The van der Waals surface area contributed by atoms with Crippen LogP contribution in [0, 0.1) is 11.8 Å². The van der Waals surface area contributed by atoms with Gasteiger partial charge in [-0.1, -0.05) is 36.8 Å². The molecule has 1 saturated carbocycles. The molecule has 1 fully saturated rings. The van der Waals surface area contributed by atoms with E-state index in [0.29, 0.717) is 17.6 Å². The van der Waals surface area contributed by atoms with Gasteiger partial charge in [-0.2, -0.15) is 0 Å². The molecule has 22 heavy (non-hydrogen) atoms. The van der Waals surface area contributed by atoms with Crippen molar-refractivity contribution in [2.24, 2.45) is 11.8 Å². The van der Waals surface area contributed by atoms with Crippen LogP contribution in [0.1, 0.15) is 63.9 Å². The number of phenols is 1. The molecule has 1 aromatic carbocycles. The van der Waals surface area contributed by atoms with E-state index in [1.165, 1.54) is 49.7 Å². The van der Waals surface area contributed by atoms with Crippen molar-refractivity contribution in [2.45, 2.75) is 58.3 Å². The summed E-state index contributed by atoms with van der Waals surface area (Å²) in [5, 5.41) is 9.65. The first kappa shape index (κ1) is 15.4. The average molecular weight is 296 g/mol. The van der Waals surface area contributed by atoms with E-state index in [4.69, 9.17) is 0 Å². The molecule has 0 aliphatic heterocycles. The lowest BCUT2D eigenvalue weighted by atomic mass is 9.75. The standard InChI is InChI=1S/C21H28O/c1-15-6-7-16(2)20(12-15)13-17-8-10-18(11-9-17)19-4-3-5-21(22)14-19/h3-5,7,12,14-15,17-18,22H,6,8-11,13H2,1-2H3. The summed E-state index contributed by atoms with van der Waals surface area (Å²) in [6, 6.07) is 7.85. The van der Waals surface area contributed by atoms with E-state index < -0.39 is 0 Å². The van der Waals surface area contributed by atoms with Crippen LogP contribution in [-0.4, -0.2) is 5.11 Å². The monoisotopic (exact) mass is 296 g/mol. The predicted molar refractivity (Wildman–Crippen MR) is 93.0 cm³/mol. The zero-order valence-electron chi connectivity index (χ0n) is 13.9. The number of hydrogen-bond acceptors (Lipinski definition) is 1. The lowest BCUT2D eigenvalue weighted by Gasteiger charge is -2.30. The van der Waals surface area contributed by atoms with Crippen LogP contribution in [0.15, 0.2) is 47.6 Å². The number of phenolic OH excluding ortho intramolecular Hbond substituents is 1. The summed E-state index contributed by atoms with van der Waals surface area (Å²) in [7, 11) is 0. The molecule has 0 radical (unpaired) electrons. The molecule has 0 aromatic heterocycles. The third-order valence-corrected chi connectivity index (χ3v) is 5.48. The lowest BCUT2D eigenvalue weighted by molar-refractivity contribution is 0.323. The van der Waals surface area contributed by atoms with Crippen LogP contribution in [-0.2, 0) is 0 Å². The number of allylic oxidation sites excluding steroid dienone is 4. The molecule has 0 heterocycles. The molecule has 0 bridgehead atoms. The molecule has 0 amide bonds. The van der Waals surface area contributed by atoms with Gasteiger partial charge in [0.1, 0.15) is 5.75 Å². The second kappa shape index (κ2) is 6.73. The zero-order valence-corrected chi connectivity index (χ0v) is 13.9. The van der Waals surface area contributed by atoms with Gasteiger partial charge in [0.05, 0.1) is 0 Å². The van der Waals surface area contributed by atoms with Crippen molar-refractivity contribution in [1.29, 1.82) is 0 Å². The van der Waals surface area contributed by atoms with Crippen molar-refractivity contribution < 1.29 is 5.11 Å². The van der Waals surface area contributed by atoms with Crippen molar-refractivity contribution in [1.82, 2.24) is 0 Å². The van der Waals surface area contributed by atoms with Crippen molar-refractivity contribution in [3.63, 3.8) is 0 Å². The summed E-state index contributed by atoms with van der Waals surface area (Å²) in [6.45, 7) is 4.60. The highest BCUT2D eigenvalue weighted by Crippen LogP contribution is 2.40. The number of aromatic hydroxyl groups is 1. The van der Waals surface area contributed by atoms with Crippen LogP contribution in [0.4, 0.5) is 0 Å². The predicted octanol–water partition coefficient (Wildman–Crippen LogP) is 5.97. The molecular formula is C21H28O. The summed E-state index contributed by atoms with van der Waals surface area (Å²) >= 11 is 0. The highest BCUT2D eigenvalue weighted by atomic mass is 16.3. The summed E-state index contributed by atoms with van der Waals surface area (Å²) in [4.78, 5) is 0. The van der Waals surface area contributed by atoms with Crippen molar-refractivity contribution in [3.05, 3.63) is 53.1 Å². The Morgan fingerprint density at radius 1 is 1.14 bits per heavy atom. The van der Waals surface area contributed by atoms with E-state index in [0.717, 1.165) is 5.92 Å². The van der Waals surface area contributed by atoms with Gasteiger partial charge in [-0.15, -0.1) is 0 Å². The second-order valence-corrected chi connectivity index (χ2v) is 7.31. The van der Waals surface area contributed by atoms with Crippen LogP contribution >= 0.6 is 0 Å². The van der Waals surface area contributed by atoms with Crippen molar-refractivity contribution in [3.8, 4) is 5.75 Å². The fourth-order valence-electron chi connectivity index (χ4n) is 4.06. The molecule has 1 heteroatoms. The fourth-order valence-corrected chi connectivity index (χ4v) is 4.06. The van der Waals surface area contributed by atoms with Crippen LogP contribution in [0.25, 0.3) is 0 Å². The number of benzene rings is 1. The van der Waals surface area contributed by atoms with Gasteiger partial charge < -0.3 is 5.11 Å². The molecular weight excluding hydrogens is 268 g/mol. The summed E-state index contributed by atoms with van der Waals surface area (Å²) in [5.41, 5.74) is 4.42. The number of rotatable bonds is 3. The van der Waals surface area contributed by atoms with E-state index in [9.17, 15) is 5.11 Å². The highest BCUT2D eigenvalue weighted by molar-refractivity contribution is 5.33. The molecule has 118 valence electrons. The molecule has 2 aliphatic rings. The van der Waals surface area contributed by atoms with Gasteiger partial charge in [0.25, 0.3) is 0 Å². The summed E-state index contributed by atoms with van der Waals surface area (Å²) < 4.78 is 0. The van der Waals surface area contributed by atoms with Gasteiger partial charge in [-0.05, 0) is 86.5 Å². The Labute approximate surface area is 134 Å². The topological polar surface area (TPSA) is 20.2 Å². The van der Waals surface area contributed by atoms with Gasteiger partial charge >= 0.3 is 0 Å². The van der Waals surface area contributed by atoms with E-state index in [1.54, 1.807) is 11.6 Å². The molecule has 3 rings (SSSR count). The maximum atomic E-state index is 9.65. The molecule has 1 aromatic rings. The van der Waals surface area contributed by atoms with E-state index in [1.807, 2.05) is 12.1 Å². The Hall–Kier alpha value is -1.50. The van der Waals surface area contributed by atoms with Crippen LogP contribution in [0.2, 0.25) is 0 Å². The smallest absolute Gasteiger partial charge is 0.115 e. The Morgan fingerprint density at radius 3 is 2.64 bits per heavy atom. The maximum absolute atomic E-state index is 9.65. The normalized spacial score (nSPS) is 28.9.